The molecule has 90 valence electrons. The van der Waals surface area contributed by atoms with Gasteiger partial charge < -0.3 is 10.4 Å². The van der Waals surface area contributed by atoms with Crippen LogP contribution in [0, 0.1) is 5.82 Å². The molecule has 1 heterocycles. The van der Waals surface area contributed by atoms with E-state index in [9.17, 15) is 4.39 Å². The fraction of sp³-hybridized carbons (Fsp3) is 0.583. The second-order valence-corrected chi connectivity index (χ2v) is 3.82. The monoisotopic (exact) mass is 226 g/mol. The predicted molar refractivity (Wildman–Crippen MR) is 61.5 cm³/mol. The Kier molecular flexibility index (Phi) is 5.35. The molecule has 16 heavy (non-hydrogen) atoms. The van der Waals surface area contributed by atoms with Crippen LogP contribution in [-0.2, 0) is 0 Å². The summed E-state index contributed by atoms with van der Waals surface area (Å²) in [5.41, 5.74) is 0.816. The lowest BCUT2D eigenvalue weighted by molar-refractivity contribution is 0.225. The molecule has 0 aliphatic rings. The molecule has 2 N–H and O–H groups in total. The minimum atomic E-state index is -0.326. The van der Waals surface area contributed by atoms with Crippen LogP contribution in [0.3, 0.4) is 0 Å². The number of rotatable bonds is 6. The molecule has 1 aromatic heterocycles. The molecule has 0 saturated heterocycles. The van der Waals surface area contributed by atoms with Crippen LogP contribution in [0.25, 0.3) is 0 Å². The highest BCUT2D eigenvalue weighted by molar-refractivity contribution is 5.10. The van der Waals surface area contributed by atoms with Crippen molar-refractivity contribution >= 4 is 0 Å². The maximum absolute atomic E-state index is 12.7. The van der Waals surface area contributed by atoms with E-state index in [0.29, 0.717) is 0 Å². The van der Waals surface area contributed by atoms with Gasteiger partial charge in [0.05, 0.1) is 18.5 Å². The van der Waals surface area contributed by atoms with Crippen molar-refractivity contribution in [1.82, 2.24) is 10.3 Å². The Labute approximate surface area is 95.7 Å². The highest BCUT2D eigenvalue weighted by Crippen LogP contribution is 2.15. The van der Waals surface area contributed by atoms with Crippen LogP contribution >= 0.6 is 0 Å². The molecule has 0 amide bonds. The van der Waals surface area contributed by atoms with Crippen molar-refractivity contribution < 1.29 is 9.50 Å². The van der Waals surface area contributed by atoms with Gasteiger partial charge >= 0.3 is 0 Å². The average Bonchev–Trinajstić information content (AvgIpc) is 2.32. The summed E-state index contributed by atoms with van der Waals surface area (Å²) < 4.78 is 12.7. The smallest absolute Gasteiger partial charge is 0.141 e. The van der Waals surface area contributed by atoms with Gasteiger partial charge in [-0.2, -0.15) is 0 Å². The molecule has 0 radical (unpaired) electrons. The van der Waals surface area contributed by atoms with Gasteiger partial charge in [-0.3, -0.25) is 4.98 Å². The molecule has 0 bridgehead atoms. The van der Waals surface area contributed by atoms with Crippen LogP contribution in [0.4, 0.5) is 4.39 Å². The van der Waals surface area contributed by atoms with E-state index in [1.54, 1.807) is 6.07 Å². The topological polar surface area (TPSA) is 45.1 Å². The van der Waals surface area contributed by atoms with Crippen molar-refractivity contribution in [3.05, 3.63) is 29.8 Å². The molecule has 0 aliphatic carbocycles. The van der Waals surface area contributed by atoms with Crippen molar-refractivity contribution in [3.8, 4) is 0 Å². The van der Waals surface area contributed by atoms with Crippen molar-refractivity contribution in [3.63, 3.8) is 0 Å². The molecule has 0 saturated carbocycles. The number of nitrogens with zero attached hydrogens (tertiary/aromatic N) is 1. The maximum atomic E-state index is 12.7. The van der Waals surface area contributed by atoms with E-state index in [1.165, 1.54) is 12.3 Å². The molecule has 2 atom stereocenters. The third-order valence-corrected chi connectivity index (χ3v) is 2.67. The van der Waals surface area contributed by atoms with Gasteiger partial charge in [0.2, 0.25) is 0 Å². The van der Waals surface area contributed by atoms with Crippen LogP contribution in [0.1, 0.15) is 38.4 Å². The van der Waals surface area contributed by atoms with Crippen molar-refractivity contribution in [1.29, 1.82) is 0 Å². The van der Waals surface area contributed by atoms with E-state index in [4.69, 9.17) is 5.11 Å². The highest BCUT2D eigenvalue weighted by Gasteiger charge is 2.14. The van der Waals surface area contributed by atoms with E-state index in [0.717, 1.165) is 18.5 Å². The summed E-state index contributed by atoms with van der Waals surface area (Å²) >= 11 is 0. The minimum absolute atomic E-state index is 0.0665. The Morgan fingerprint density at radius 1 is 1.38 bits per heavy atom. The standard InChI is InChI=1S/C12H19FN2O/c1-3-10(8-16)15-11(4-2)12-6-5-9(13)7-14-12/h5-7,10-11,15-16H,3-4,8H2,1-2H3/t10-,11?/m0/s1. The number of aliphatic hydroxyl groups is 1. The van der Waals surface area contributed by atoms with E-state index in [-0.39, 0.29) is 24.5 Å². The maximum Gasteiger partial charge on any atom is 0.141 e. The highest BCUT2D eigenvalue weighted by atomic mass is 19.1. The molecule has 1 aromatic rings. The van der Waals surface area contributed by atoms with Crippen LogP contribution in [-0.4, -0.2) is 22.7 Å². The molecule has 0 spiro atoms. The number of aliphatic hydroxyl groups excluding tert-OH is 1. The van der Waals surface area contributed by atoms with Crippen molar-refractivity contribution in [2.45, 2.75) is 38.8 Å². The summed E-state index contributed by atoms with van der Waals surface area (Å²) in [5.74, 6) is -0.326. The Morgan fingerprint density at radius 2 is 2.12 bits per heavy atom. The lowest BCUT2D eigenvalue weighted by Gasteiger charge is -2.22. The van der Waals surface area contributed by atoms with Crippen LogP contribution in [0.2, 0.25) is 0 Å². The van der Waals surface area contributed by atoms with Crippen LogP contribution < -0.4 is 5.32 Å². The molecule has 0 fully saturated rings. The first-order valence-electron chi connectivity index (χ1n) is 5.69. The van der Waals surface area contributed by atoms with E-state index in [2.05, 4.69) is 10.3 Å². The molecule has 0 aliphatic heterocycles. The number of pyridine rings is 1. The largest absolute Gasteiger partial charge is 0.395 e. The molecule has 4 heteroatoms. The lowest BCUT2D eigenvalue weighted by atomic mass is 10.1. The zero-order valence-corrected chi connectivity index (χ0v) is 9.78. The Bertz CT molecular complexity index is 298. The SMILES string of the molecule is CCC(N[C@@H](CC)CO)c1ccc(F)cn1. The quantitative estimate of drug-likeness (QED) is 0.780. The third kappa shape index (κ3) is 3.54. The van der Waals surface area contributed by atoms with Crippen molar-refractivity contribution in [2.75, 3.05) is 6.61 Å². The fourth-order valence-electron chi connectivity index (χ4n) is 1.59. The number of halogens is 1. The summed E-state index contributed by atoms with van der Waals surface area (Å²) in [6.07, 6.45) is 2.93. The van der Waals surface area contributed by atoms with Gasteiger partial charge in [0, 0.05) is 12.1 Å². The van der Waals surface area contributed by atoms with Gasteiger partial charge in [-0.05, 0) is 25.0 Å². The first-order valence-corrected chi connectivity index (χ1v) is 5.69. The molecular weight excluding hydrogens is 207 g/mol. The van der Waals surface area contributed by atoms with Gasteiger partial charge in [-0.25, -0.2) is 4.39 Å². The minimum Gasteiger partial charge on any atom is -0.395 e. The van der Waals surface area contributed by atoms with E-state index in [1.807, 2.05) is 13.8 Å². The normalized spacial score (nSPS) is 14.8. The van der Waals surface area contributed by atoms with Gasteiger partial charge in [0.25, 0.3) is 0 Å². The number of hydrogen-bond acceptors (Lipinski definition) is 3. The Hall–Kier alpha value is -1.00. The second kappa shape index (κ2) is 6.55. The number of nitrogens with one attached hydrogen (secondary N) is 1. The molecule has 3 nitrogen and oxygen atoms in total. The van der Waals surface area contributed by atoms with Gasteiger partial charge in [-0.15, -0.1) is 0 Å². The van der Waals surface area contributed by atoms with Gasteiger partial charge in [-0.1, -0.05) is 13.8 Å². The third-order valence-electron chi connectivity index (χ3n) is 2.67. The summed E-state index contributed by atoms with van der Waals surface area (Å²) in [5, 5.41) is 12.4. The first-order chi connectivity index (χ1) is 7.71. The fourth-order valence-corrected chi connectivity index (χ4v) is 1.59. The predicted octanol–water partition coefficient (Wildman–Crippen LogP) is 2.03. The van der Waals surface area contributed by atoms with E-state index >= 15 is 0 Å². The average molecular weight is 226 g/mol. The van der Waals surface area contributed by atoms with E-state index < -0.39 is 0 Å². The lowest BCUT2D eigenvalue weighted by Crippen LogP contribution is -2.35. The molecule has 1 unspecified atom stereocenters. The summed E-state index contributed by atoms with van der Waals surface area (Å²) in [4.78, 5) is 4.05. The zero-order valence-electron chi connectivity index (χ0n) is 9.78. The Morgan fingerprint density at radius 3 is 2.56 bits per heavy atom. The second-order valence-electron chi connectivity index (χ2n) is 3.82. The van der Waals surface area contributed by atoms with Gasteiger partial charge in [0.15, 0.2) is 0 Å². The first kappa shape index (κ1) is 13.1. The summed E-state index contributed by atoms with van der Waals surface area (Å²) in [6, 6.07) is 3.22. The van der Waals surface area contributed by atoms with Crippen molar-refractivity contribution in [2.24, 2.45) is 0 Å². The molecule has 1 rings (SSSR count). The summed E-state index contributed by atoms with van der Waals surface area (Å²) in [7, 11) is 0. The Balaban J connectivity index is 2.70. The number of hydrogen-bond donors (Lipinski definition) is 2. The molecule has 0 aromatic carbocycles. The molecular formula is C12H19FN2O. The van der Waals surface area contributed by atoms with Crippen LogP contribution in [0.5, 0.6) is 0 Å². The number of aromatic nitrogens is 1. The summed E-state index contributed by atoms with van der Waals surface area (Å²) in [6.45, 7) is 4.15. The zero-order chi connectivity index (χ0) is 12.0. The van der Waals surface area contributed by atoms with Gasteiger partial charge in [0.1, 0.15) is 5.82 Å². The van der Waals surface area contributed by atoms with Crippen LogP contribution in [0.15, 0.2) is 18.3 Å².